The van der Waals surface area contributed by atoms with Crippen LogP contribution in [0.4, 0.5) is 0 Å². The molecule has 3 heteroatoms. The molecule has 0 amide bonds. The van der Waals surface area contributed by atoms with Crippen LogP contribution in [0.5, 0.6) is 0 Å². The molecule has 0 aromatic rings. The van der Waals surface area contributed by atoms with E-state index < -0.39 is 16.1 Å². The van der Waals surface area contributed by atoms with Crippen molar-refractivity contribution < 1.29 is 0 Å². The van der Waals surface area contributed by atoms with Crippen LogP contribution < -0.4 is 0 Å². The van der Waals surface area contributed by atoms with Gasteiger partial charge in [0.25, 0.3) is 0 Å². The van der Waals surface area contributed by atoms with Crippen LogP contribution in [0, 0.1) is 0 Å². The van der Waals surface area contributed by atoms with Crippen LogP contribution in [0.1, 0.15) is 32.6 Å². The van der Waals surface area contributed by atoms with E-state index in [1.165, 1.54) is 25.7 Å². The van der Waals surface area contributed by atoms with Crippen molar-refractivity contribution in [2.75, 3.05) is 0 Å². The van der Waals surface area contributed by atoms with Gasteiger partial charge in [-0.3, -0.25) is 0 Å². The van der Waals surface area contributed by atoms with Gasteiger partial charge in [0, 0.05) is 0 Å². The fourth-order valence-corrected chi connectivity index (χ4v) is 5.14. The summed E-state index contributed by atoms with van der Waals surface area (Å²) >= 11 is -2.41. The molecule has 0 aromatic carbocycles. The summed E-state index contributed by atoms with van der Waals surface area (Å²) in [5.41, 5.74) is 0. The summed E-state index contributed by atoms with van der Waals surface area (Å²) in [6.07, 6.45) is 5.17. The summed E-state index contributed by atoms with van der Waals surface area (Å²) in [5.74, 6) is 0. The minimum absolute atomic E-state index is 1.12. The molecule has 10 heavy (non-hydrogen) atoms. The van der Waals surface area contributed by atoms with Crippen molar-refractivity contribution >= 4 is 34.0 Å². The normalized spacial score (nSPS) is 12.0. The molecule has 0 radical (unpaired) electrons. The van der Waals surface area contributed by atoms with Crippen LogP contribution in [0.25, 0.3) is 0 Å². The summed E-state index contributed by atoms with van der Waals surface area (Å²) in [5, 5.41) is 0. The standard InChI is InChI=1S/C6H13.CH3.2ClH.Sn/c1-3-5-6-4-2;;;;/h1,3-6H2,2H3;1H3;2*1H;/q;;;;+2/p-2. The van der Waals surface area contributed by atoms with Crippen LogP contribution in [-0.2, 0) is 0 Å². The molecule has 0 aromatic heterocycles. The van der Waals surface area contributed by atoms with Crippen LogP contribution in [0.15, 0.2) is 0 Å². The van der Waals surface area contributed by atoms with E-state index in [4.69, 9.17) is 17.8 Å². The Morgan fingerprint density at radius 3 is 2.10 bits per heavy atom. The summed E-state index contributed by atoms with van der Waals surface area (Å²) in [6, 6.07) is 0. The van der Waals surface area contributed by atoms with Gasteiger partial charge >= 0.3 is 75.9 Å². The Labute approximate surface area is 75.6 Å². The number of rotatable bonds is 5. The third-order valence-electron chi connectivity index (χ3n) is 1.47. The van der Waals surface area contributed by atoms with Gasteiger partial charge in [-0.15, -0.1) is 0 Å². The summed E-state index contributed by atoms with van der Waals surface area (Å²) in [6.45, 7) is 2.21. The van der Waals surface area contributed by atoms with E-state index in [-0.39, 0.29) is 0 Å². The molecule has 0 unspecified atom stereocenters. The fraction of sp³-hybridized carbons (Fsp3) is 1.00. The Morgan fingerprint density at radius 1 is 1.10 bits per heavy atom. The first-order valence-corrected chi connectivity index (χ1v) is 16.0. The maximum atomic E-state index is 5.99. The van der Waals surface area contributed by atoms with Gasteiger partial charge in [-0.2, -0.15) is 0 Å². The van der Waals surface area contributed by atoms with E-state index in [2.05, 4.69) is 11.9 Å². The average Bonchev–Trinajstić information content (AvgIpc) is 1.78. The van der Waals surface area contributed by atoms with Crippen molar-refractivity contribution in [3.8, 4) is 0 Å². The number of halogens is 2. The molecule has 0 saturated carbocycles. The molecule has 0 aliphatic heterocycles. The summed E-state index contributed by atoms with van der Waals surface area (Å²) in [7, 11) is 12.0. The number of hydrogen-bond acceptors (Lipinski definition) is 0. The van der Waals surface area contributed by atoms with Gasteiger partial charge in [-0.1, -0.05) is 0 Å². The Balaban J connectivity index is 3.04. The zero-order valence-corrected chi connectivity index (χ0v) is 11.2. The molecule has 0 bridgehead atoms. The Hall–Kier alpha value is 1.38. The van der Waals surface area contributed by atoms with Gasteiger partial charge in [0.2, 0.25) is 0 Å². The third kappa shape index (κ3) is 9.38. The fourth-order valence-electron chi connectivity index (χ4n) is 0.862. The van der Waals surface area contributed by atoms with Crippen molar-refractivity contribution in [2.45, 2.75) is 42.0 Å². The molecular formula is C7H16Cl2Sn. The molecule has 0 nitrogen and oxygen atoms in total. The Bertz CT molecular complexity index is 78.2. The van der Waals surface area contributed by atoms with Gasteiger partial charge in [0.1, 0.15) is 0 Å². The molecule has 0 atom stereocenters. The molecule has 0 N–H and O–H groups in total. The van der Waals surface area contributed by atoms with E-state index >= 15 is 0 Å². The molecular weight excluding hydrogens is 274 g/mol. The second-order valence-electron chi connectivity index (χ2n) is 2.88. The molecule has 0 spiro atoms. The molecule has 0 heterocycles. The first kappa shape index (κ1) is 11.4. The molecule has 0 rings (SSSR count). The average molecular weight is 290 g/mol. The SMILES string of the molecule is CCCCC[CH2][Sn]([CH3])([Cl])[Cl]. The van der Waals surface area contributed by atoms with Crippen molar-refractivity contribution in [2.24, 2.45) is 0 Å². The predicted octanol–water partition coefficient (Wildman–Crippen LogP) is 4.12. The molecule has 0 aliphatic carbocycles. The van der Waals surface area contributed by atoms with E-state index in [1.807, 2.05) is 0 Å². The summed E-state index contributed by atoms with van der Waals surface area (Å²) < 4.78 is 1.12. The van der Waals surface area contributed by atoms with Crippen LogP contribution >= 0.6 is 17.8 Å². The predicted molar refractivity (Wildman–Crippen MR) is 52.3 cm³/mol. The minimum atomic E-state index is -2.41. The van der Waals surface area contributed by atoms with Crippen molar-refractivity contribution in [3.63, 3.8) is 0 Å². The van der Waals surface area contributed by atoms with Crippen LogP contribution in [-0.4, -0.2) is 16.1 Å². The second-order valence-corrected chi connectivity index (χ2v) is 22.9. The topological polar surface area (TPSA) is 0 Å². The van der Waals surface area contributed by atoms with Crippen molar-refractivity contribution in [3.05, 3.63) is 0 Å². The second kappa shape index (κ2) is 5.96. The van der Waals surface area contributed by atoms with Crippen molar-refractivity contribution in [1.82, 2.24) is 0 Å². The Kier molecular flexibility index (Phi) is 6.78. The van der Waals surface area contributed by atoms with Gasteiger partial charge in [-0.05, 0) is 0 Å². The Morgan fingerprint density at radius 2 is 1.70 bits per heavy atom. The van der Waals surface area contributed by atoms with E-state index in [1.54, 1.807) is 0 Å². The monoisotopic (exact) mass is 290 g/mol. The van der Waals surface area contributed by atoms with Gasteiger partial charge in [-0.25, -0.2) is 0 Å². The molecule has 0 fully saturated rings. The zero-order chi connectivity index (χ0) is 8.04. The van der Waals surface area contributed by atoms with Crippen LogP contribution in [0.2, 0.25) is 9.38 Å². The van der Waals surface area contributed by atoms with Gasteiger partial charge in [0.05, 0.1) is 0 Å². The number of unbranched alkanes of at least 4 members (excludes halogenated alkanes) is 3. The first-order chi connectivity index (χ1) is 4.56. The van der Waals surface area contributed by atoms with Gasteiger partial charge < -0.3 is 0 Å². The van der Waals surface area contributed by atoms with E-state index in [9.17, 15) is 0 Å². The first-order valence-electron chi connectivity index (χ1n) is 3.94. The van der Waals surface area contributed by atoms with Crippen LogP contribution in [0.3, 0.4) is 0 Å². The molecule has 0 aliphatic rings. The van der Waals surface area contributed by atoms with E-state index in [0.717, 1.165) is 4.44 Å². The summed E-state index contributed by atoms with van der Waals surface area (Å²) in [4.78, 5) is 2.06. The third-order valence-corrected chi connectivity index (χ3v) is 7.52. The van der Waals surface area contributed by atoms with Crippen molar-refractivity contribution in [1.29, 1.82) is 0 Å². The number of hydrogen-bond donors (Lipinski definition) is 0. The quantitative estimate of drug-likeness (QED) is 0.528. The van der Waals surface area contributed by atoms with E-state index in [0.29, 0.717) is 0 Å². The molecule has 0 saturated heterocycles. The zero-order valence-electron chi connectivity index (χ0n) is 6.79. The van der Waals surface area contributed by atoms with Gasteiger partial charge in [0.15, 0.2) is 0 Å². The molecule has 62 valence electrons. The maximum absolute atomic E-state index is 5.99.